The van der Waals surface area contributed by atoms with E-state index in [1.54, 1.807) is 32.3 Å². The zero-order valence-electron chi connectivity index (χ0n) is 15.5. The van der Waals surface area contributed by atoms with Crippen LogP contribution in [0.4, 0.5) is 13.2 Å². The highest BCUT2D eigenvalue weighted by atomic mass is 35.5. The van der Waals surface area contributed by atoms with E-state index in [1.165, 1.54) is 41.6 Å². The third-order valence-electron chi connectivity index (χ3n) is 4.01. The van der Waals surface area contributed by atoms with Crippen LogP contribution in [0.2, 0.25) is 5.02 Å². The molecule has 0 aliphatic rings. The molecular formula is C20H16ClF3N4O. The number of hydrogen-bond acceptors (Lipinski definition) is 3. The molecule has 0 N–H and O–H groups in total. The minimum absolute atomic E-state index is 0.0858. The summed E-state index contributed by atoms with van der Waals surface area (Å²) in [6, 6.07) is 12.1. The SMILES string of the molecule is CN(C)C=NC(=O)[C@H](c1ccc(Cl)cc1)c1nc2ccccc2nc1C(F)(F)F. The molecule has 0 bridgehead atoms. The third-order valence-corrected chi connectivity index (χ3v) is 4.26. The molecule has 3 aromatic rings. The Labute approximate surface area is 169 Å². The van der Waals surface area contributed by atoms with Crippen LogP contribution in [0, 0.1) is 0 Å². The number of aliphatic imine (C=N–C) groups is 1. The Balaban J connectivity index is 2.27. The summed E-state index contributed by atoms with van der Waals surface area (Å²) < 4.78 is 41.4. The first kappa shape index (κ1) is 20.7. The Morgan fingerprint density at radius 3 is 2.21 bits per heavy atom. The highest BCUT2D eigenvalue weighted by Crippen LogP contribution is 2.37. The Bertz CT molecular complexity index is 1070. The molecule has 29 heavy (non-hydrogen) atoms. The van der Waals surface area contributed by atoms with Crippen LogP contribution in [0.1, 0.15) is 22.9 Å². The lowest BCUT2D eigenvalue weighted by atomic mass is 9.92. The van der Waals surface area contributed by atoms with Gasteiger partial charge in [-0.15, -0.1) is 0 Å². The molecule has 0 saturated heterocycles. The van der Waals surface area contributed by atoms with Gasteiger partial charge in [0.2, 0.25) is 0 Å². The molecule has 9 heteroatoms. The number of benzene rings is 2. The number of carbonyl (C=O) groups is 1. The predicted octanol–water partition coefficient (Wildman–Crippen LogP) is 4.55. The van der Waals surface area contributed by atoms with E-state index in [0.717, 1.165) is 0 Å². The van der Waals surface area contributed by atoms with Crippen molar-refractivity contribution in [3.63, 3.8) is 0 Å². The summed E-state index contributed by atoms with van der Waals surface area (Å²) in [5, 5.41) is 0.386. The molecule has 0 saturated carbocycles. The van der Waals surface area contributed by atoms with Gasteiger partial charge in [0.25, 0.3) is 5.91 Å². The highest BCUT2D eigenvalue weighted by molar-refractivity contribution is 6.30. The van der Waals surface area contributed by atoms with Gasteiger partial charge in [0.1, 0.15) is 5.92 Å². The maximum atomic E-state index is 13.8. The van der Waals surface area contributed by atoms with E-state index in [9.17, 15) is 18.0 Å². The van der Waals surface area contributed by atoms with Crippen molar-refractivity contribution < 1.29 is 18.0 Å². The molecule has 0 unspecified atom stereocenters. The van der Waals surface area contributed by atoms with Gasteiger partial charge in [0.15, 0.2) is 5.69 Å². The number of carbonyl (C=O) groups excluding carboxylic acids is 1. The van der Waals surface area contributed by atoms with Crippen molar-refractivity contribution in [1.82, 2.24) is 14.9 Å². The normalized spacial score (nSPS) is 13.0. The number of hydrogen-bond donors (Lipinski definition) is 0. The topological polar surface area (TPSA) is 58.5 Å². The molecule has 3 rings (SSSR count). The number of halogens is 4. The van der Waals surface area contributed by atoms with Gasteiger partial charge >= 0.3 is 6.18 Å². The van der Waals surface area contributed by atoms with Crippen molar-refractivity contribution in [2.24, 2.45) is 4.99 Å². The second-order valence-electron chi connectivity index (χ2n) is 6.47. The standard InChI is InChI=1S/C20H16ClF3N4O/c1-28(2)11-25-19(29)16(12-7-9-13(21)10-8-12)17-18(20(22,23)24)27-15-6-4-3-5-14(15)26-17/h3-11,16H,1-2H3/t16-/m1/s1. The number of rotatable bonds is 4. The van der Waals surface area contributed by atoms with Crippen LogP contribution in [0.5, 0.6) is 0 Å². The third kappa shape index (κ3) is 4.71. The number of nitrogens with zero attached hydrogens (tertiary/aromatic N) is 4. The van der Waals surface area contributed by atoms with Gasteiger partial charge in [0, 0.05) is 19.1 Å². The van der Waals surface area contributed by atoms with Crippen LogP contribution >= 0.6 is 11.6 Å². The van der Waals surface area contributed by atoms with Gasteiger partial charge in [-0.05, 0) is 29.8 Å². The fourth-order valence-electron chi connectivity index (χ4n) is 2.74. The van der Waals surface area contributed by atoms with Gasteiger partial charge in [-0.1, -0.05) is 35.9 Å². The van der Waals surface area contributed by atoms with Gasteiger partial charge in [-0.2, -0.15) is 13.2 Å². The fourth-order valence-corrected chi connectivity index (χ4v) is 2.87. The average molecular weight is 421 g/mol. The summed E-state index contributed by atoms with van der Waals surface area (Å²) in [5.41, 5.74) is -1.10. The van der Waals surface area contributed by atoms with Crippen LogP contribution in [-0.2, 0) is 11.0 Å². The monoisotopic (exact) mass is 420 g/mol. The summed E-state index contributed by atoms with van der Waals surface area (Å²) in [6.07, 6.45) is -3.57. The predicted molar refractivity (Wildman–Crippen MR) is 105 cm³/mol. The zero-order chi connectivity index (χ0) is 21.2. The first-order valence-corrected chi connectivity index (χ1v) is 8.88. The van der Waals surface area contributed by atoms with Crippen LogP contribution < -0.4 is 0 Å². The number of para-hydroxylation sites is 2. The fraction of sp³-hybridized carbons (Fsp3) is 0.200. The van der Waals surface area contributed by atoms with Crippen molar-refractivity contribution in [2.75, 3.05) is 14.1 Å². The molecule has 5 nitrogen and oxygen atoms in total. The summed E-state index contributed by atoms with van der Waals surface area (Å²) in [6.45, 7) is 0. The Kier molecular flexibility index (Phi) is 5.83. The van der Waals surface area contributed by atoms with Crippen LogP contribution in [0.15, 0.2) is 53.5 Å². The Morgan fingerprint density at radius 2 is 1.66 bits per heavy atom. The van der Waals surface area contributed by atoms with E-state index in [4.69, 9.17) is 11.6 Å². The lowest BCUT2D eigenvalue weighted by Gasteiger charge is -2.19. The average Bonchev–Trinajstić information content (AvgIpc) is 2.66. The molecule has 2 aromatic carbocycles. The van der Waals surface area contributed by atoms with Gasteiger partial charge in [0.05, 0.1) is 23.1 Å². The van der Waals surface area contributed by atoms with Crippen LogP contribution in [0.3, 0.4) is 0 Å². The van der Waals surface area contributed by atoms with E-state index in [1.807, 2.05) is 0 Å². The van der Waals surface area contributed by atoms with Crippen molar-refractivity contribution >= 4 is 34.9 Å². The van der Waals surface area contributed by atoms with Crippen molar-refractivity contribution in [1.29, 1.82) is 0 Å². The van der Waals surface area contributed by atoms with Gasteiger partial charge in [-0.3, -0.25) is 4.79 Å². The second kappa shape index (κ2) is 8.16. The van der Waals surface area contributed by atoms with Gasteiger partial charge < -0.3 is 4.90 Å². The quantitative estimate of drug-likeness (QED) is 0.459. The van der Waals surface area contributed by atoms with Gasteiger partial charge in [-0.25, -0.2) is 15.0 Å². The van der Waals surface area contributed by atoms with Crippen molar-refractivity contribution in [2.45, 2.75) is 12.1 Å². The minimum atomic E-state index is -4.80. The van der Waals surface area contributed by atoms with Crippen molar-refractivity contribution in [3.05, 3.63) is 70.5 Å². The van der Waals surface area contributed by atoms with Crippen LogP contribution in [0.25, 0.3) is 11.0 Å². The number of fused-ring (bicyclic) bond motifs is 1. The highest BCUT2D eigenvalue weighted by Gasteiger charge is 2.41. The molecule has 0 radical (unpaired) electrons. The number of amides is 1. The first-order valence-electron chi connectivity index (χ1n) is 8.50. The van der Waals surface area contributed by atoms with Crippen molar-refractivity contribution in [3.8, 4) is 0 Å². The Morgan fingerprint density at radius 1 is 1.07 bits per heavy atom. The Hall–Kier alpha value is -3.00. The minimum Gasteiger partial charge on any atom is -0.369 e. The number of aromatic nitrogens is 2. The first-order chi connectivity index (χ1) is 13.7. The van der Waals surface area contributed by atoms with Crippen LogP contribution in [-0.4, -0.2) is 41.2 Å². The summed E-state index contributed by atoms with van der Waals surface area (Å²) in [5.74, 6) is -2.19. The smallest absolute Gasteiger partial charge is 0.369 e. The molecule has 0 fully saturated rings. The molecule has 0 spiro atoms. The second-order valence-corrected chi connectivity index (χ2v) is 6.91. The molecular weight excluding hydrogens is 405 g/mol. The molecule has 0 aliphatic heterocycles. The summed E-state index contributed by atoms with van der Waals surface area (Å²) in [4.78, 5) is 26.1. The van der Waals surface area contributed by atoms with E-state index >= 15 is 0 Å². The molecule has 1 heterocycles. The van der Waals surface area contributed by atoms with E-state index in [0.29, 0.717) is 5.02 Å². The van der Waals surface area contributed by atoms with E-state index in [-0.39, 0.29) is 16.6 Å². The zero-order valence-corrected chi connectivity index (χ0v) is 16.2. The summed E-state index contributed by atoms with van der Waals surface area (Å²) >= 11 is 5.90. The van der Waals surface area contributed by atoms with E-state index in [2.05, 4.69) is 15.0 Å². The summed E-state index contributed by atoms with van der Waals surface area (Å²) in [7, 11) is 3.29. The lowest BCUT2D eigenvalue weighted by Crippen LogP contribution is -2.22. The molecule has 0 aliphatic carbocycles. The molecule has 150 valence electrons. The lowest BCUT2D eigenvalue weighted by molar-refractivity contribution is -0.142. The maximum Gasteiger partial charge on any atom is 0.435 e. The number of alkyl halides is 3. The molecule has 1 amide bonds. The largest absolute Gasteiger partial charge is 0.435 e. The molecule has 1 atom stereocenters. The molecule has 1 aromatic heterocycles. The van der Waals surface area contributed by atoms with E-state index < -0.39 is 29.4 Å². The maximum absolute atomic E-state index is 13.8.